The van der Waals surface area contributed by atoms with E-state index in [1.807, 2.05) is 30.3 Å². The van der Waals surface area contributed by atoms with Crippen molar-refractivity contribution in [1.82, 2.24) is 19.6 Å². The predicted octanol–water partition coefficient (Wildman–Crippen LogP) is 6.25. The zero-order valence-corrected chi connectivity index (χ0v) is 21.0. The maximum absolute atomic E-state index is 12.6. The molecule has 1 N–H and O–H groups in total. The minimum atomic E-state index is -0.394. The molecule has 7 nitrogen and oxygen atoms in total. The largest absolute Gasteiger partial charge is 0.470 e. The number of halogens is 4. The van der Waals surface area contributed by atoms with Gasteiger partial charge in [0.1, 0.15) is 5.75 Å². The van der Waals surface area contributed by atoms with Gasteiger partial charge < -0.3 is 10.1 Å². The number of rotatable bonds is 7. The van der Waals surface area contributed by atoms with Crippen LogP contribution in [0.15, 0.2) is 69.9 Å². The fourth-order valence-corrected chi connectivity index (χ4v) is 4.16. The van der Waals surface area contributed by atoms with E-state index in [4.69, 9.17) is 27.9 Å². The SMILES string of the molecule is O=C(Nc1nn(Cc2ccccc2Cl)cc1Br)c1ccn(COc2ccc(Br)cc2Cl)n1. The van der Waals surface area contributed by atoms with Crippen LogP contribution in [0.25, 0.3) is 0 Å². The lowest BCUT2D eigenvalue weighted by atomic mass is 10.2. The van der Waals surface area contributed by atoms with Crippen LogP contribution in [0, 0.1) is 0 Å². The molecule has 4 rings (SSSR count). The molecule has 0 saturated carbocycles. The molecule has 2 aromatic carbocycles. The number of anilines is 1. The van der Waals surface area contributed by atoms with Gasteiger partial charge in [0.05, 0.1) is 16.0 Å². The molecule has 0 unspecified atom stereocenters. The Morgan fingerprint density at radius 3 is 2.62 bits per heavy atom. The van der Waals surface area contributed by atoms with Crippen LogP contribution in [-0.4, -0.2) is 25.5 Å². The molecular formula is C21H15Br2Cl2N5O2. The van der Waals surface area contributed by atoms with Gasteiger partial charge >= 0.3 is 0 Å². The van der Waals surface area contributed by atoms with E-state index < -0.39 is 5.91 Å². The van der Waals surface area contributed by atoms with Gasteiger partial charge in [-0.2, -0.15) is 10.2 Å². The molecule has 0 bridgehead atoms. The molecule has 1 amide bonds. The Morgan fingerprint density at radius 1 is 1.03 bits per heavy atom. The van der Waals surface area contributed by atoms with Crippen molar-refractivity contribution >= 4 is 66.8 Å². The van der Waals surface area contributed by atoms with Crippen molar-refractivity contribution in [2.24, 2.45) is 0 Å². The number of amides is 1. The molecule has 11 heteroatoms. The summed E-state index contributed by atoms with van der Waals surface area (Å²) in [5.74, 6) is 0.507. The summed E-state index contributed by atoms with van der Waals surface area (Å²) in [5.41, 5.74) is 1.15. The Morgan fingerprint density at radius 2 is 1.84 bits per heavy atom. The average Bonchev–Trinajstić information content (AvgIpc) is 3.36. The van der Waals surface area contributed by atoms with Gasteiger partial charge in [0.15, 0.2) is 18.2 Å². The molecule has 0 spiro atoms. The molecule has 2 heterocycles. The van der Waals surface area contributed by atoms with Crippen molar-refractivity contribution in [2.45, 2.75) is 13.3 Å². The zero-order valence-electron chi connectivity index (χ0n) is 16.3. The number of hydrogen-bond acceptors (Lipinski definition) is 4. The highest BCUT2D eigenvalue weighted by molar-refractivity contribution is 9.10. The highest BCUT2D eigenvalue weighted by Gasteiger charge is 2.15. The highest BCUT2D eigenvalue weighted by Crippen LogP contribution is 2.28. The highest BCUT2D eigenvalue weighted by atomic mass is 79.9. The summed E-state index contributed by atoms with van der Waals surface area (Å²) in [6.45, 7) is 0.573. The second kappa shape index (κ2) is 10.1. The van der Waals surface area contributed by atoms with Crippen molar-refractivity contribution in [2.75, 3.05) is 5.32 Å². The summed E-state index contributed by atoms with van der Waals surface area (Å²) in [6.07, 6.45) is 3.42. The summed E-state index contributed by atoms with van der Waals surface area (Å²) < 4.78 is 10.3. The first-order valence-corrected chi connectivity index (χ1v) is 11.6. The Kier molecular flexibility index (Phi) is 7.20. The van der Waals surface area contributed by atoms with Crippen LogP contribution in [0.3, 0.4) is 0 Å². The van der Waals surface area contributed by atoms with Crippen LogP contribution in [-0.2, 0) is 13.3 Å². The van der Waals surface area contributed by atoms with Crippen LogP contribution in [0.4, 0.5) is 5.82 Å². The van der Waals surface area contributed by atoms with Gasteiger partial charge in [0, 0.05) is 21.9 Å². The van der Waals surface area contributed by atoms with Crippen LogP contribution in [0.5, 0.6) is 5.75 Å². The van der Waals surface area contributed by atoms with Crippen molar-refractivity contribution in [3.8, 4) is 5.75 Å². The van der Waals surface area contributed by atoms with E-state index in [1.165, 1.54) is 4.68 Å². The van der Waals surface area contributed by atoms with E-state index in [9.17, 15) is 4.79 Å². The van der Waals surface area contributed by atoms with Gasteiger partial charge in [0.25, 0.3) is 5.91 Å². The topological polar surface area (TPSA) is 74.0 Å². The quantitative estimate of drug-likeness (QED) is 0.273. The maximum Gasteiger partial charge on any atom is 0.277 e. The van der Waals surface area contributed by atoms with Gasteiger partial charge in [-0.1, -0.05) is 57.3 Å². The number of aromatic nitrogens is 4. The molecule has 0 aliphatic heterocycles. The van der Waals surface area contributed by atoms with E-state index in [1.54, 1.807) is 35.3 Å². The Balaban J connectivity index is 1.39. The second-order valence-electron chi connectivity index (χ2n) is 6.66. The number of nitrogens with one attached hydrogen (secondary N) is 1. The van der Waals surface area contributed by atoms with Gasteiger partial charge in [-0.15, -0.1) is 0 Å². The molecule has 0 aliphatic rings. The van der Waals surface area contributed by atoms with E-state index >= 15 is 0 Å². The third-order valence-electron chi connectivity index (χ3n) is 4.36. The number of hydrogen-bond donors (Lipinski definition) is 1. The van der Waals surface area contributed by atoms with E-state index in [-0.39, 0.29) is 12.4 Å². The lowest BCUT2D eigenvalue weighted by Crippen LogP contribution is -2.15. The van der Waals surface area contributed by atoms with E-state index in [0.29, 0.717) is 32.6 Å². The number of benzene rings is 2. The molecule has 0 aliphatic carbocycles. The summed E-state index contributed by atoms with van der Waals surface area (Å²) in [6, 6.07) is 14.4. The van der Waals surface area contributed by atoms with Crippen molar-refractivity contribution < 1.29 is 9.53 Å². The van der Waals surface area contributed by atoms with E-state index in [2.05, 4.69) is 47.4 Å². The van der Waals surface area contributed by atoms with Crippen LogP contribution in [0.2, 0.25) is 10.0 Å². The second-order valence-corrected chi connectivity index (χ2v) is 9.24. The third-order valence-corrected chi connectivity index (χ3v) is 6.10. The molecule has 0 fully saturated rings. The summed E-state index contributed by atoms with van der Waals surface area (Å²) in [7, 11) is 0. The lowest BCUT2D eigenvalue weighted by molar-refractivity contribution is 0.101. The molecular weight excluding hydrogens is 585 g/mol. The van der Waals surface area contributed by atoms with Crippen LogP contribution < -0.4 is 10.1 Å². The first kappa shape index (κ1) is 22.8. The molecule has 32 heavy (non-hydrogen) atoms. The standard InChI is InChI=1S/C21H15Br2Cl2N5O2/c22-14-5-6-19(17(25)9-14)32-12-29-8-7-18(27-29)21(31)26-20-15(23)11-30(28-20)10-13-3-1-2-4-16(13)24/h1-9,11H,10,12H2,(H,26,28,31). The number of ether oxygens (including phenoxy) is 1. The average molecular weight is 600 g/mol. The predicted molar refractivity (Wildman–Crippen MR) is 130 cm³/mol. The zero-order chi connectivity index (χ0) is 22.7. The fourth-order valence-electron chi connectivity index (χ4n) is 2.82. The molecule has 164 valence electrons. The Labute approximate surface area is 210 Å². The van der Waals surface area contributed by atoms with Crippen molar-refractivity contribution in [1.29, 1.82) is 0 Å². The monoisotopic (exact) mass is 597 g/mol. The molecule has 0 radical (unpaired) electrons. The first-order valence-electron chi connectivity index (χ1n) is 9.28. The summed E-state index contributed by atoms with van der Waals surface area (Å²) >= 11 is 19.1. The van der Waals surface area contributed by atoms with Gasteiger partial charge in [-0.25, -0.2) is 4.68 Å². The maximum atomic E-state index is 12.6. The summed E-state index contributed by atoms with van der Waals surface area (Å²) in [5, 5.41) is 12.5. The van der Waals surface area contributed by atoms with E-state index in [0.717, 1.165) is 10.0 Å². The molecule has 4 aromatic rings. The number of nitrogens with zero attached hydrogens (tertiary/aromatic N) is 4. The molecule has 0 atom stereocenters. The lowest BCUT2D eigenvalue weighted by Gasteiger charge is -2.08. The van der Waals surface area contributed by atoms with Crippen molar-refractivity contribution in [3.05, 3.63) is 91.2 Å². The Bertz CT molecular complexity index is 1270. The minimum Gasteiger partial charge on any atom is -0.470 e. The number of carbonyl (C=O) groups is 1. The molecule has 2 aromatic heterocycles. The number of carbonyl (C=O) groups excluding carboxylic acids is 1. The third kappa shape index (κ3) is 5.53. The molecule has 0 saturated heterocycles. The Hall–Kier alpha value is -2.33. The van der Waals surface area contributed by atoms with Gasteiger partial charge in [-0.3, -0.25) is 9.48 Å². The van der Waals surface area contributed by atoms with Crippen molar-refractivity contribution in [3.63, 3.8) is 0 Å². The van der Waals surface area contributed by atoms with Gasteiger partial charge in [0.2, 0.25) is 0 Å². The fraction of sp³-hybridized carbons (Fsp3) is 0.0952. The first-order chi connectivity index (χ1) is 15.4. The minimum absolute atomic E-state index is 0.102. The smallest absolute Gasteiger partial charge is 0.277 e. The summed E-state index contributed by atoms with van der Waals surface area (Å²) in [4.78, 5) is 12.6. The van der Waals surface area contributed by atoms with Gasteiger partial charge in [-0.05, 0) is 51.8 Å². The van der Waals surface area contributed by atoms with Crippen LogP contribution >= 0.6 is 55.1 Å². The normalized spacial score (nSPS) is 10.9. The van der Waals surface area contributed by atoms with Crippen LogP contribution in [0.1, 0.15) is 16.1 Å².